The third kappa shape index (κ3) is 3.38. The van der Waals surface area contributed by atoms with Gasteiger partial charge in [-0.25, -0.2) is 0 Å². The van der Waals surface area contributed by atoms with Gasteiger partial charge in [0, 0.05) is 0 Å². The third-order valence-corrected chi connectivity index (χ3v) is 3.44. The van der Waals surface area contributed by atoms with Crippen LogP contribution >= 0.6 is 11.6 Å². The molecule has 0 aliphatic heterocycles. The van der Waals surface area contributed by atoms with Crippen LogP contribution in [0.15, 0.2) is 54.6 Å². The van der Waals surface area contributed by atoms with Crippen LogP contribution in [0.25, 0.3) is 0 Å². The number of carbonyl (C=O) groups excluding carboxylic acids is 1. The van der Waals surface area contributed by atoms with E-state index >= 15 is 0 Å². The molecule has 0 fully saturated rings. The van der Waals surface area contributed by atoms with Crippen LogP contribution in [0.2, 0.25) is 5.02 Å². The number of nitrogens with one attached hydrogen (secondary N) is 1. The van der Waals surface area contributed by atoms with E-state index in [0.717, 1.165) is 5.56 Å². The van der Waals surface area contributed by atoms with Crippen LogP contribution in [-0.2, 0) is 5.60 Å². The Hall–Kier alpha value is -1.84. The fourth-order valence-electron chi connectivity index (χ4n) is 1.89. The summed E-state index contributed by atoms with van der Waals surface area (Å²) >= 11 is 5.96. The van der Waals surface area contributed by atoms with Gasteiger partial charge in [-0.2, -0.15) is 0 Å². The van der Waals surface area contributed by atoms with Gasteiger partial charge in [-0.15, -0.1) is 0 Å². The summed E-state index contributed by atoms with van der Waals surface area (Å²) < 4.78 is 0. The monoisotopic (exact) mass is 289 g/mol. The second kappa shape index (κ2) is 6.07. The average Bonchev–Trinajstić information content (AvgIpc) is 2.46. The summed E-state index contributed by atoms with van der Waals surface area (Å²) in [5.74, 6) is -0.299. The zero-order valence-electron chi connectivity index (χ0n) is 11.1. The number of hydrogen-bond donors (Lipinski definition) is 2. The summed E-state index contributed by atoms with van der Waals surface area (Å²) in [6, 6.07) is 16.0. The van der Waals surface area contributed by atoms with Crippen molar-refractivity contribution in [2.45, 2.75) is 12.5 Å². The number of hydrogen-bond acceptors (Lipinski definition) is 2. The molecule has 0 saturated carbocycles. The van der Waals surface area contributed by atoms with Crippen molar-refractivity contribution in [1.29, 1.82) is 0 Å². The molecule has 0 spiro atoms. The highest BCUT2D eigenvalue weighted by molar-refractivity contribution is 6.33. The lowest BCUT2D eigenvalue weighted by molar-refractivity contribution is 0.0526. The van der Waals surface area contributed by atoms with Crippen LogP contribution in [0.5, 0.6) is 0 Å². The summed E-state index contributed by atoms with van der Waals surface area (Å²) in [5, 5.41) is 13.5. The van der Waals surface area contributed by atoms with E-state index in [-0.39, 0.29) is 12.5 Å². The molecule has 0 aliphatic carbocycles. The van der Waals surface area contributed by atoms with Crippen molar-refractivity contribution in [1.82, 2.24) is 5.32 Å². The molecule has 0 heterocycles. The lowest BCUT2D eigenvalue weighted by Crippen LogP contribution is -2.38. The number of amides is 1. The Labute approximate surface area is 123 Å². The first-order chi connectivity index (χ1) is 9.50. The Morgan fingerprint density at radius 2 is 1.75 bits per heavy atom. The molecule has 0 bridgehead atoms. The fourth-order valence-corrected chi connectivity index (χ4v) is 2.11. The topological polar surface area (TPSA) is 49.3 Å². The van der Waals surface area contributed by atoms with Gasteiger partial charge in [-0.05, 0) is 24.6 Å². The highest BCUT2D eigenvalue weighted by atomic mass is 35.5. The summed E-state index contributed by atoms with van der Waals surface area (Å²) in [6.07, 6.45) is 0. The summed E-state index contributed by atoms with van der Waals surface area (Å²) in [4.78, 5) is 12.0. The lowest BCUT2D eigenvalue weighted by Gasteiger charge is -2.24. The zero-order valence-corrected chi connectivity index (χ0v) is 11.9. The minimum atomic E-state index is -1.13. The van der Waals surface area contributed by atoms with Crippen LogP contribution in [0.3, 0.4) is 0 Å². The number of rotatable bonds is 4. The van der Waals surface area contributed by atoms with E-state index in [0.29, 0.717) is 10.6 Å². The third-order valence-electron chi connectivity index (χ3n) is 3.11. The highest BCUT2D eigenvalue weighted by Gasteiger charge is 2.24. The quantitative estimate of drug-likeness (QED) is 0.909. The molecule has 2 aromatic carbocycles. The lowest BCUT2D eigenvalue weighted by atomic mass is 9.96. The van der Waals surface area contributed by atoms with E-state index in [4.69, 9.17) is 11.6 Å². The maximum atomic E-state index is 12.0. The van der Waals surface area contributed by atoms with Crippen molar-refractivity contribution in [3.63, 3.8) is 0 Å². The van der Waals surface area contributed by atoms with Gasteiger partial charge in [0.05, 0.1) is 17.1 Å². The van der Waals surface area contributed by atoms with E-state index in [2.05, 4.69) is 5.32 Å². The molecule has 0 saturated heterocycles. The molecule has 1 atom stereocenters. The van der Waals surface area contributed by atoms with Crippen LogP contribution in [0.1, 0.15) is 22.8 Å². The van der Waals surface area contributed by atoms with Crippen LogP contribution < -0.4 is 5.32 Å². The Kier molecular flexibility index (Phi) is 4.42. The molecule has 2 N–H and O–H groups in total. The van der Waals surface area contributed by atoms with Gasteiger partial charge < -0.3 is 10.4 Å². The second-order valence-corrected chi connectivity index (χ2v) is 5.21. The van der Waals surface area contributed by atoms with Gasteiger partial charge >= 0.3 is 0 Å². The first kappa shape index (κ1) is 14.6. The maximum absolute atomic E-state index is 12.0. The minimum absolute atomic E-state index is 0.112. The molecule has 0 radical (unpaired) electrons. The van der Waals surface area contributed by atoms with Crippen molar-refractivity contribution < 1.29 is 9.90 Å². The predicted molar refractivity (Wildman–Crippen MR) is 79.8 cm³/mol. The van der Waals surface area contributed by atoms with Gasteiger partial charge in [0.1, 0.15) is 5.60 Å². The second-order valence-electron chi connectivity index (χ2n) is 4.80. The molecule has 0 unspecified atom stereocenters. The van der Waals surface area contributed by atoms with E-state index in [1.165, 1.54) is 0 Å². The molecule has 2 rings (SSSR count). The SMILES string of the molecule is C[C@](O)(CNC(=O)c1ccccc1Cl)c1ccccc1. The van der Waals surface area contributed by atoms with Gasteiger partial charge in [-0.3, -0.25) is 4.79 Å². The standard InChI is InChI=1S/C16H16ClNO2/c1-16(20,12-7-3-2-4-8-12)11-18-15(19)13-9-5-6-10-14(13)17/h2-10,20H,11H2,1H3,(H,18,19)/t16-/m0/s1. The molecular weight excluding hydrogens is 274 g/mol. The zero-order chi connectivity index (χ0) is 14.6. The molecule has 0 aliphatic rings. The van der Waals surface area contributed by atoms with Gasteiger partial charge in [-0.1, -0.05) is 54.1 Å². The number of halogens is 1. The first-order valence-electron chi connectivity index (χ1n) is 6.31. The van der Waals surface area contributed by atoms with E-state index in [9.17, 15) is 9.90 Å². The number of aliphatic hydroxyl groups is 1. The fraction of sp³-hybridized carbons (Fsp3) is 0.188. The summed E-state index contributed by atoms with van der Waals surface area (Å²) in [7, 11) is 0. The van der Waals surface area contributed by atoms with Crippen LogP contribution in [0.4, 0.5) is 0 Å². The molecule has 20 heavy (non-hydrogen) atoms. The molecule has 4 heteroatoms. The van der Waals surface area contributed by atoms with Gasteiger partial charge in [0.15, 0.2) is 0 Å². The average molecular weight is 290 g/mol. The largest absolute Gasteiger partial charge is 0.384 e. The van der Waals surface area contributed by atoms with Gasteiger partial charge in [0.2, 0.25) is 0 Å². The Bertz CT molecular complexity index is 596. The van der Waals surface area contributed by atoms with E-state index in [1.54, 1.807) is 31.2 Å². The molecule has 104 valence electrons. The van der Waals surface area contributed by atoms with Crippen molar-refractivity contribution in [2.24, 2.45) is 0 Å². The van der Waals surface area contributed by atoms with Crippen molar-refractivity contribution >= 4 is 17.5 Å². The van der Waals surface area contributed by atoms with Crippen LogP contribution in [0, 0.1) is 0 Å². The summed E-state index contributed by atoms with van der Waals surface area (Å²) in [5.41, 5.74) is 0.0236. The Morgan fingerprint density at radius 1 is 1.15 bits per heavy atom. The molecule has 1 amide bonds. The van der Waals surface area contributed by atoms with Gasteiger partial charge in [0.25, 0.3) is 5.91 Å². The van der Waals surface area contributed by atoms with Crippen molar-refractivity contribution in [2.75, 3.05) is 6.54 Å². The maximum Gasteiger partial charge on any atom is 0.252 e. The number of benzene rings is 2. The van der Waals surface area contributed by atoms with E-state index in [1.807, 2.05) is 30.3 Å². The first-order valence-corrected chi connectivity index (χ1v) is 6.69. The van der Waals surface area contributed by atoms with E-state index < -0.39 is 5.60 Å². The Morgan fingerprint density at radius 3 is 2.40 bits per heavy atom. The van der Waals surface area contributed by atoms with Crippen LogP contribution in [-0.4, -0.2) is 17.6 Å². The molecule has 2 aromatic rings. The molecule has 0 aromatic heterocycles. The Balaban J connectivity index is 2.05. The van der Waals surface area contributed by atoms with Crippen molar-refractivity contribution in [3.05, 3.63) is 70.7 Å². The normalized spacial score (nSPS) is 13.6. The smallest absolute Gasteiger partial charge is 0.252 e. The summed E-state index contributed by atoms with van der Waals surface area (Å²) in [6.45, 7) is 1.77. The predicted octanol–water partition coefficient (Wildman–Crippen LogP) is 2.98. The highest BCUT2D eigenvalue weighted by Crippen LogP contribution is 2.20. The van der Waals surface area contributed by atoms with Crippen molar-refractivity contribution in [3.8, 4) is 0 Å². The molecular formula is C16H16ClNO2. The minimum Gasteiger partial charge on any atom is -0.384 e. The number of carbonyl (C=O) groups is 1. The molecule has 3 nitrogen and oxygen atoms in total.